The Morgan fingerprint density at radius 3 is 1.97 bits per heavy atom. The lowest BCUT2D eigenvalue weighted by atomic mass is 10.1. The summed E-state index contributed by atoms with van der Waals surface area (Å²) in [5.41, 5.74) is 4.49. The topological polar surface area (TPSA) is 40.5 Å². The van der Waals surface area contributed by atoms with Gasteiger partial charge in [-0.05, 0) is 76.4 Å². The van der Waals surface area contributed by atoms with E-state index in [1.807, 2.05) is 59.8 Å². The Balaban J connectivity index is 1.63. The van der Waals surface area contributed by atoms with Crippen molar-refractivity contribution in [1.82, 2.24) is 4.57 Å². The summed E-state index contributed by atoms with van der Waals surface area (Å²) in [5, 5.41) is 2.47. The Bertz CT molecular complexity index is 1380. The highest BCUT2D eigenvalue weighted by Crippen LogP contribution is 2.56. The molecule has 3 aromatic carbocycles. The minimum absolute atomic E-state index is 0.238. The number of rotatable bonds is 7. The first kappa shape index (κ1) is 25.4. The third kappa shape index (κ3) is 6.13. The molecule has 1 heterocycles. The van der Waals surface area contributed by atoms with Crippen molar-refractivity contribution >= 4 is 35.5 Å². The fraction of sp³-hybridized carbons (Fsp3) is 0.333. The molecule has 35 heavy (non-hydrogen) atoms. The highest BCUT2D eigenvalue weighted by Gasteiger charge is 2.35. The third-order valence-electron chi connectivity index (χ3n) is 5.60. The van der Waals surface area contributed by atoms with E-state index in [0.717, 1.165) is 17.7 Å². The fourth-order valence-electron chi connectivity index (χ4n) is 4.44. The normalized spacial score (nSPS) is 13.0. The molecule has 0 bridgehead atoms. The molecule has 0 unspecified atom stereocenters. The van der Waals surface area contributed by atoms with Gasteiger partial charge >= 0.3 is 7.60 Å². The van der Waals surface area contributed by atoms with Crippen LogP contribution < -0.4 is 0 Å². The second kappa shape index (κ2) is 9.43. The van der Waals surface area contributed by atoms with Crippen LogP contribution in [0.15, 0.2) is 73.3 Å². The monoisotopic (exact) mass is 489 g/mol. The van der Waals surface area contributed by atoms with Gasteiger partial charge in [0.2, 0.25) is 0 Å². The minimum Gasteiger partial charge on any atom is -0.336 e. The van der Waals surface area contributed by atoms with E-state index in [1.54, 1.807) is 0 Å². The van der Waals surface area contributed by atoms with Crippen LogP contribution in [0.1, 0.15) is 58.2 Å². The summed E-state index contributed by atoms with van der Waals surface area (Å²) in [4.78, 5) is 0. The van der Waals surface area contributed by atoms with Gasteiger partial charge in [0.15, 0.2) is 0 Å². The van der Waals surface area contributed by atoms with Gasteiger partial charge in [-0.15, -0.1) is 0 Å². The Labute approximate surface area is 209 Å². The molecule has 0 radical (unpaired) electrons. The van der Waals surface area contributed by atoms with Crippen molar-refractivity contribution in [2.45, 2.75) is 65.5 Å². The third-order valence-corrected chi connectivity index (χ3v) is 8.00. The van der Waals surface area contributed by atoms with Gasteiger partial charge in [0, 0.05) is 28.4 Å². The van der Waals surface area contributed by atoms with Crippen molar-refractivity contribution < 1.29 is 13.6 Å². The summed E-state index contributed by atoms with van der Waals surface area (Å²) >= 11 is 0. The van der Waals surface area contributed by atoms with Crippen molar-refractivity contribution in [2.24, 2.45) is 0 Å². The average Bonchev–Trinajstić information content (AvgIpc) is 3.05. The number of aromatic nitrogens is 1. The van der Waals surface area contributed by atoms with Crippen LogP contribution in [0.2, 0.25) is 0 Å². The van der Waals surface area contributed by atoms with E-state index >= 15 is 0 Å². The van der Waals surface area contributed by atoms with E-state index in [1.165, 1.54) is 27.4 Å². The molecular formula is C30H36NO3P. The quantitative estimate of drug-likeness (QED) is 0.244. The predicted molar refractivity (Wildman–Crippen MR) is 148 cm³/mol. The number of nitrogens with zero attached hydrogens (tertiary/aromatic N) is 1. The van der Waals surface area contributed by atoms with Gasteiger partial charge in [-0.2, -0.15) is 0 Å². The van der Waals surface area contributed by atoms with Gasteiger partial charge in [0.05, 0.1) is 17.4 Å². The zero-order valence-corrected chi connectivity index (χ0v) is 22.6. The molecule has 1 aromatic heterocycles. The van der Waals surface area contributed by atoms with E-state index in [4.69, 9.17) is 9.05 Å². The van der Waals surface area contributed by atoms with E-state index in [0.29, 0.717) is 0 Å². The molecule has 4 aromatic rings. The number of fused-ring (bicyclic) bond motifs is 3. The van der Waals surface area contributed by atoms with Crippen LogP contribution in [-0.2, 0) is 26.3 Å². The summed E-state index contributed by atoms with van der Waals surface area (Å²) in [7, 11) is -3.34. The number of para-hydroxylation sites is 1. The maximum atomic E-state index is 13.6. The van der Waals surface area contributed by atoms with Crippen LogP contribution >= 0.6 is 7.60 Å². The van der Waals surface area contributed by atoms with Crippen LogP contribution in [-0.4, -0.2) is 15.8 Å². The summed E-state index contributed by atoms with van der Waals surface area (Å²) in [6, 6.07) is 23.3. The van der Waals surface area contributed by atoms with Crippen molar-refractivity contribution in [2.75, 3.05) is 0 Å². The largest absolute Gasteiger partial charge is 0.336 e. The first-order valence-corrected chi connectivity index (χ1v) is 13.8. The lowest BCUT2D eigenvalue weighted by Crippen LogP contribution is -2.24. The molecule has 0 N–H and O–H groups in total. The zero-order valence-electron chi connectivity index (χ0n) is 21.7. The first-order chi connectivity index (χ1) is 16.4. The molecule has 0 spiro atoms. The van der Waals surface area contributed by atoms with Crippen molar-refractivity contribution in [1.29, 1.82) is 0 Å². The molecule has 0 atom stereocenters. The molecule has 0 aliphatic rings. The smallest absolute Gasteiger partial charge is 0.336 e. The van der Waals surface area contributed by atoms with Crippen molar-refractivity contribution in [3.05, 3.63) is 90.0 Å². The van der Waals surface area contributed by atoms with E-state index in [9.17, 15) is 4.57 Å². The molecule has 0 saturated heterocycles. The number of benzene rings is 3. The van der Waals surface area contributed by atoms with Crippen LogP contribution in [0.3, 0.4) is 0 Å². The molecule has 5 heteroatoms. The Morgan fingerprint density at radius 2 is 1.37 bits per heavy atom. The minimum atomic E-state index is -3.34. The first-order valence-electron chi connectivity index (χ1n) is 12.1. The summed E-state index contributed by atoms with van der Waals surface area (Å²) < 4.78 is 27.9. The Morgan fingerprint density at radius 1 is 0.800 bits per heavy atom. The molecule has 0 aliphatic carbocycles. The molecule has 0 amide bonds. The lowest BCUT2D eigenvalue weighted by molar-refractivity contribution is 0.0485. The van der Waals surface area contributed by atoms with E-state index in [2.05, 4.69) is 65.7 Å². The Hall–Kier alpha value is -2.65. The van der Waals surface area contributed by atoms with Gasteiger partial charge in [-0.1, -0.05) is 61.2 Å². The number of hydrogen-bond acceptors (Lipinski definition) is 3. The predicted octanol–water partition coefficient (Wildman–Crippen LogP) is 8.81. The molecule has 4 rings (SSSR count). The van der Waals surface area contributed by atoms with Crippen molar-refractivity contribution in [3.8, 4) is 0 Å². The fourth-order valence-corrected chi connectivity index (χ4v) is 6.94. The van der Waals surface area contributed by atoms with Gasteiger partial charge in [0.25, 0.3) is 0 Å². The standard InChI is InChI=1S/C30H36NO3P/c1-8-22-17-18-28-26(19-22)25-11-9-10-12-27(25)31(28)20-23-13-15-24(16-14-23)21-35(32,33-29(2,3)4)34-30(5,6)7/h8-19H,1,20-21H2,2-7H3. The maximum Gasteiger partial charge on any atom is 0.336 e. The van der Waals surface area contributed by atoms with Crippen molar-refractivity contribution in [3.63, 3.8) is 0 Å². The van der Waals surface area contributed by atoms with Gasteiger partial charge < -0.3 is 13.6 Å². The Kier molecular flexibility index (Phi) is 6.85. The lowest BCUT2D eigenvalue weighted by Gasteiger charge is -2.32. The van der Waals surface area contributed by atoms with Crippen LogP contribution in [0, 0.1) is 0 Å². The van der Waals surface area contributed by atoms with E-state index in [-0.39, 0.29) is 6.16 Å². The SMILES string of the molecule is C=Cc1ccc2c(c1)c1ccccc1n2Cc1ccc(CP(=O)(OC(C)(C)C)OC(C)(C)C)cc1. The van der Waals surface area contributed by atoms with Gasteiger partial charge in [-0.3, -0.25) is 4.57 Å². The summed E-state index contributed by atoms with van der Waals surface area (Å²) in [6.07, 6.45) is 2.12. The van der Waals surface area contributed by atoms with E-state index < -0.39 is 18.8 Å². The molecule has 0 fully saturated rings. The highest BCUT2D eigenvalue weighted by atomic mass is 31.2. The van der Waals surface area contributed by atoms with Gasteiger partial charge in [0.1, 0.15) is 0 Å². The molecule has 0 saturated carbocycles. The zero-order chi connectivity index (χ0) is 25.4. The molecule has 184 valence electrons. The number of hydrogen-bond donors (Lipinski definition) is 0. The van der Waals surface area contributed by atoms with Gasteiger partial charge in [-0.25, -0.2) is 0 Å². The summed E-state index contributed by atoms with van der Waals surface area (Å²) in [5.74, 6) is 0. The molecular weight excluding hydrogens is 453 g/mol. The average molecular weight is 490 g/mol. The highest BCUT2D eigenvalue weighted by molar-refractivity contribution is 7.53. The van der Waals surface area contributed by atoms with Crippen LogP contribution in [0.5, 0.6) is 0 Å². The molecule has 0 aliphatic heterocycles. The van der Waals surface area contributed by atoms with Crippen LogP contribution in [0.25, 0.3) is 27.9 Å². The molecule has 4 nitrogen and oxygen atoms in total. The second-order valence-corrected chi connectivity index (χ2v) is 13.0. The van der Waals surface area contributed by atoms with Crippen LogP contribution in [0.4, 0.5) is 0 Å². The summed E-state index contributed by atoms with van der Waals surface area (Å²) in [6.45, 7) is 16.1. The maximum absolute atomic E-state index is 13.6. The second-order valence-electron chi connectivity index (χ2n) is 11.1.